The lowest BCUT2D eigenvalue weighted by molar-refractivity contribution is -0.149. The summed E-state index contributed by atoms with van der Waals surface area (Å²) >= 11 is 0. The molecule has 0 atom stereocenters. The number of likely N-dealkylation sites (N-methyl/N-ethyl adjacent to an activating group) is 1. The summed E-state index contributed by atoms with van der Waals surface area (Å²) in [7, 11) is 3.35. The number of carboxylic acid groups (broad SMARTS) is 1. The number of ketones is 2. The third kappa shape index (κ3) is 4.41. The van der Waals surface area contributed by atoms with Crippen molar-refractivity contribution in [3.05, 3.63) is 42.1 Å². The Morgan fingerprint density at radius 2 is 1.84 bits per heavy atom. The van der Waals surface area contributed by atoms with Crippen LogP contribution in [0.2, 0.25) is 0 Å². The maximum atomic E-state index is 12.0. The number of nitrogens with zero attached hydrogens (tertiary/aromatic N) is 2. The smallest absolute Gasteiger partial charge is 0.372 e. The number of aromatic nitrogens is 1. The van der Waals surface area contributed by atoms with Crippen LogP contribution in [0, 0.1) is 0 Å². The van der Waals surface area contributed by atoms with E-state index in [-0.39, 0.29) is 12.5 Å². The summed E-state index contributed by atoms with van der Waals surface area (Å²) in [5, 5.41) is 9.37. The van der Waals surface area contributed by atoms with Crippen LogP contribution in [0.5, 0.6) is 0 Å². The first-order chi connectivity index (χ1) is 11.8. The van der Waals surface area contributed by atoms with Gasteiger partial charge in [0.1, 0.15) is 6.54 Å². The molecule has 0 bridgehead atoms. The van der Waals surface area contributed by atoms with Crippen molar-refractivity contribution in [1.82, 2.24) is 9.47 Å². The fourth-order valence-corrected chi connectivity index (χ4v) is 2.30. The molecule has 0 fully saturated rings. The first-order valence-corrected chi connectivity index (χ1v) is 7.54. The lowest BCUT2D eigenvalue weighted by Crippen LogP contribution is -2.25. The predicted molar refractivity (Wildman–Crippen MR) is 91.9 cm³/mol. The minimum Gasteiger partial charge on any atom is -0.475 e. The monoisotopic (exact) mass is 342 g/mol. The van der Waals surface area contributed by atoms with Crippen molar-refractivity contribution in [3.8, 4) is 0 Å². The fraction of sp³-hybridized carbons (Fsp3) is 0.222. The molecule has 0 aliphatic carbocycles. The van der Waals surface area contributed by atoms with Gasteiger partial charge in [-0.2, -0.15) is 0 Å². The number of carbonyl (C=O) groups excluding carboxylic acids is 3. The van der Waals surface area contributed by atoms with Crippen molar-refractivity contribution in [2.24, 2.45) is 0 Å². The highest BCUT2D eigenvalue weighted by molar-refractivity contribution is 6.37. The molecule has 1 aromatic carbocycles. The van der Waals surface area contributed by atoms with Crippen molar-refractivity contribution in [1.29, 1.82) is 0 Å². The number of aliphatic carboxylic acids is 1. The molecule has 0 unspecified atom stereocenters. The van der Waals surface area contributed by atoms with Gasteiger partial charge in [-0.3, -0.25) is 14.4 Å². The summed E-state index contributed by atoms with van der Waals surface area (Å²) < 4.78 is 1.78. The van der Waals surface area contributed by atoms with Crippen molar-refractivity contribution >= 4 is 40.4 Å². The molecular formula is C18H18N2O5. The van der Waals surface area contributed by atoms with Gasteiger partial charge in [0.2, 0.25) is 11.7 Å². The molecule has 2 aromatic rings. The minimum atomic E-state index is -1.62. The van der Waals surface area contributed by atoms with Gasteiger partial charge in [-0.25, -0.2) is 4.79 Å². The van der Waals surface area contributed by atoms with Gasteiger partial charge in [-0.15, -0.1) is 0 Å². The maximum absolute atomic E-state index is 12.0. The molecular weight excluding hydrogens is 324 g/mol. The summed E-state index contributed by atoms with van der Waals surface area (Å²) in [5.74, 6) is -3.43. The topological polar surface area (TPSA) is 96.7 Å². The van der Waals surface area contributed by atoms with Crippen LogP contribution in [0.15, 0.2) is 36.5 Å². The number of benzene rings is 1. The quantitative estimate of drug-likeness (QED) is 0.465. The average molecular weight is 342 g/mol. The summed E-state index contributed by atoms with van der Waals surface area (Å²) in [4.78, 5) is 46.7. The first-order valence-electron chi connectivity index (χ1n) is 7.54. The molecule has 0 aliphatic heterocycles. The van der Waals surface area contributed by atoms with E-state index in [0.29, 0.717) is 5.56 Å². The highest BCUT2D eigenvalue weighted by Gasteiger charge is 2.15. The zero-order valence-electron chi connectivity index (χ0n) is 13.9. The average Bonchev–Trinajstić information content (AvgIpc) is 2.90. The minimum absolute atomic E-state index is 0.0700. The van der Waals surface area contributed by atoms with Crippen LogP contribution in [0.1, 0.15) is 12.0 Å². The van der Waals surface area contributed by atoms with E-state index in [2.05, 4.69) is 0 Å². The van der Waals surface area contributed by atoms with Gasteiger partial charge in [-0.05, 0) is 18.2 Å². The Labute approximate surface area is 144 Å². The Bertz CT molecular complexity index is 877. The fourth-order valence-electron chi connectivity index (χ4n) is 2.30. The van der Waals surface area contributed by atoms with Crippen molar-refractivity contribution < 1.29 is 24.3 Å². The molecule has 7 nitrogen and oxygen atoms in total. The van der Waals surface area contributed by atoms with Gasteiger partial charge >= 0.3 is 5.97 Å². The van der Waals surface area contributed by atoms with Crippen LogP contribution in [0.4, 0.5) is 0 Å². The molecule has 0 aliphatic rings. The molecule has 130 valence electrons. The Hall–Kier alpha value is -3.22. The van der Waals surface area contributed by atoms with Crippen molar-refractivity contribution in [2.75, 3.05) is 14.1 Å². The zero-order valence-corrected chi connectivity index (χ0v) is 13.9. The standard InChI is InChI=1S/C18H18N2O5/c1-19(2)17(23)11-20-10-12(14-5-3-4-6-15(14)20)7-8-13(21)9-16(22)18(24)25/h3-8,10H,9,11H2,1-2H3,(H,24,25)/b8-7+. The van der Waals surface area contributed by atoms with E-state index >= 15 is 0 Å². The van der Waals surface area contributed by atoms with Gasteiger partial charge in [0.25, 0.3) is 0 Å². The third-order valence-electron chi connectivity index (χ3n) is 3.65. The van der Waals surface area contributed by atoms with Gasteiger partial charge in [0.15, 0.2) is 5.78 Å². The van der Waals surface area contributed by atoms with Gasteiger partial charge in [-0.1, -0.05) is 18.2 Å². The van der Waals surface area contributed by atoms with E-state index in [1.165, 1.54) is 17.1 Å². The van der Waals surface area contributed by atoms with E-state index in [1.54, 1.807) is 24.9 Å². The molecule has 7 heteroatoms. The predicted octanol–water partition coefficient (Wildman–Crippen LogP) is 1.36. The second-order valence-corrected chi connectivity index (χ2v) is 5.72. The maximum Gasteiger partial charge on any atom is 0.372 e. The largest absolute Gasteiger partial charge is 0.475 e. The summed E-state index contributed by atoms with van der Waals surface area (Å²) in [5.41, 5.74) is 1.55. The van der Waals surface area contributed by atoms with Crippen LogP contribution in [-0.4, -0.2) is 52.1 Å². The lowest BCUT2D eigenvalue weighted by atomic mass is 10.1. The molecule has 1 aromatic heterocycles. The number of fused-ring (bicyclic) bond motifs is 1. The second-order valence-electron chi connectivity index (χ2n) is 5.72. The number of allylic oxidation sites excluding steroid dienone is 1. The number of hydrogen-bond acceptors (Lipinski definition) is 4. The van der Waals surface area contributed by atoms with Gasteiger partial charge < -0.3 is 14.6 Å². The number of amides is 1. The number of Topliss-reactive ketones (excluding diaryl/α,β-unsaturated/α-hetero) is 1. The van der Waals surface area contributed by atoms with Crippen molar-refractivity contribution in [3.63, 3.8) is 0 Å². The van der Waals surface area contributed by atoms with E-state index in [4.69, 9.17) is 5.11 Å². The highest BCUT2D eigenvalue weighted by Crippen LogP contribution is 2.22. The molecule has 1 heterocycles. The zero-order chi connectivity index (χ0) is 18.6. The molecule has 25 heavy (non-hydrogen) atoms. The van der Waals surface area contributed by atoms with E-state index in [1.807, 2.05) is 24.3 Å². The number of carbonyl (C=O) groups is 4. The normalized spacial score (nSPS) is 11.0. The molecule has 2 rings (SSSR count). The lowest BCUT2D eigenvalue weighted by Gasteiger charge is -2.11. The van der Waals surface area contributed by atoms with Gasteiger partial charge in [0, 0.05) is 36.8 Å². The van der Waals surface area contributed by atoms with E-state index < -0.39 is 24.0 Å². The molecule has 0 saturated carbocycles. The molecule has 0 saturated heterocycles. The van der Waals surface area contributed by atoms with E-state index in [0.717, 1.165) is 10.9 Å². The number of hydrogen-bond donors (Lipinski definition) is 1. The summed E-state index contributed by atoms with van der Waals surface area (Å²) in [6.45, 7) is 0.160. The highest BCUT2D eigenvalue weighted by atomic mass is 16.4. The summed E-state index contributed by atoms with van der Waals surface area (Å²) in [6.07, 6.45) is 3.77. The van der Waals surface area contributed by atoms with Crippen LogP contribution in [0.25, 0.3) is 17.0 Å². The molecule has 0 radical (unpaired) electrons. The van der Waals surface area contributed by atoms with E-state index in [9.17, 15) is 19.2 Å². The summed E-state index contributed by atoms with van der Waals surface area (Å²) in [6, 6.07) is 7.42. The number of para-hydroxylation sites is 1. The van der Waals surface area contributed by atoms with Gasteiger partial charge in [0.05, 0.1) is 6.42 Å². The van der Waals surface area contributed by atoms with Crippen LogP contribution in [-0.2, 0) is 25.7 Å². The first kappa shape index (κ1) is 18.1. The second kappa shape index (κ2) is 7.57. The Morgan fingerprint density at radius 3 is 2.48 bits per heavy atom. The SMILES string of the molecule is CN(C)C(=O)Cn1cc(/C=C/C(=O)CC(=O)C(=O)O)c2ccccc21. The Kier molecular flexibility index (Phi) is 5.49. The van der Waals surface area contributed by atoms with Crippen LogP contribution < -0.4 is 0 Å². The Morgan fingerprint density at radius 1 is 1.16 bits per heavy atom. The number of rotatable bonds is 7. The molecule has 1 amide bonds. The van der Waals surface area contributed by atoms with Crippen molar-refractivity contribution in [2.45, 2.75) is 13.0 Å². The molecule has 0 spiro atoms. The molecule has 1 N–H and O–H groups in total. The third-order valence-corrected chi connectivity index (χ3v) is 3.65. The van der Waals surface area contributed by atoms with Crippen LogP contribution in [0.3, 0.4) is 0 Å². The number of carboxylic acids is 1. The van der Waals surface area contributed by atoms with Crippen LogP contribution >= 0.6 is 0 Å². The Balaban J connectivity index is 2.28.